The van der Waals surface area contributed by atoms with E-state index in [0.29, 0.717) is 22.3 Å². The second kappa shape index (κ2) is 7.12. The van der Waals surface area contributed by atoms with Gasteiger partial charge < -0.3 is 10.6 Å². The molecule has 2 aromatic rings. The molecular formula is C14H13Cl2N3O. The van der Waals surface area contributed by atoms with Crippen LogP contribution in [0, 0.1) is 0 Å². The largest absolute Gasteiger partial charge is 0.376 e. The molecule has 20 heavy (non-hydrogen) atoms. The van der Waals surface area contributed by atoms with Crippen LogP contribution in [-0.4, -0.2) is 17.4 Å². The molecule has 1 amide bonds. The first-order valence-corrected chi connectivity index (χ1v) is 6.74. The van der Waals surface area contributed by atoms with Gasteiger partial charge in [0.15, 0.2) is 0 Å². The third kappa shape index (κ3) is 4.72. The van der Waals surface area contributed by atoms with Crippen molar-refractivity contribution in [3.63, 3.8) is 0 Å². The van der Waals surface area contributed by atoms with Crippen LogP contribution >= 0.6 is 23.2 Å². The molecule has 0 bridgehead atoms. The number of nitrogens with one attached hydrogen (secondary N) is 2. The highest BCUT2D eigenvalue weighted by atomic mass is 35.5. The molecule has 0 unspecified atom stereocenters. The number of rotatable bonds is 5. The molecule has 1 aromatic carbocycles. The average Bonchev–Trinajstić information content (AvgIpc) is 2.43. The summed E-state index contributed by atoms with van der Waals surface area (Å²) in [6.07, 6.45) is 3.38. The van der Waals surface area contributed by atoms with E-state index in [2.05, 4.69) is 15.6 Å². The summed E-state index contributed by atoms with van der Waals surface area (Å²) in [6, 6.07) is 8.76. The Morgan fingerprint density at radius 3 is 2.40 bits per heavy atom. The van der Waals surface area contributed by atoms with Gasteiger partial charge in [-0.1, -0.05) is 23.2 Å². The lowest BCUT2D eigenvalue weighted by Crippen LogP contribution is -2.29. The van der Waals surface area contributed by atoms with Crippen molar-refractivity contribution in [1.29, 1.82) is 0 Å². The lowest BCUT2D eigenvalue weighted by Gasteiger charge is -2.08. The van der Waals surface area contributed by atoms with E-state index in [0.717, 1.165) is 5.56 Å². The minimum absolute atomic E-state index is 0.113. The molecule has 1 aromatic heterocycles. The van der Waals surface area contributed by atoms with Crippen molar-refractivity contribution in [3.05, 3.63) is 58.3 Å². The summed E-state index contributed by atoms with van der Waals surface area (Å²) >= 11 is 11.8. The third-order valence-corrected chi connectivity index (χ3v) is 2.99. The van der Waals surface area contributed by atoms with Crippen LogP contribution in [0.25, 0.3) is 0 Å². The van der Waals surface area contributed by atoms with E-state index in [-0.39, 0.29) is 12.5 Å². The normalized spacial score (nSPS) is 10.1. The number of pyridine rings is 1. The Morgan fingerprint density at radius 2 is 1.75 bits per heavy atom. The lowest BCUT2D eigenvalue weighted by atomic mass is 10.3. The molecule has 2 N–H and O–H groups in total. The second-order valence-electron chi connectivity index (χ2n) is 4.14. The van der Waals surface area contributed by atoms with E-state index in [1.165, 1.54) is 0 Å². The Kier molecular flexibility index (Phi) is 5.21. The molecule has 104 valence electrons. The fraction of sp³-hybridized carbons (Fsp3) is 0.143. The Balaban J connectivity index is 1.80. The zero-order valence-electron chi connectivity index (χ0n) is 10.6. The fourth-order valence-corrected chi connectivity index (χ4v) is 2.13. The summed E-state index contributed by atoms with van der Waals surface area (Å²) in [5.41, 5.74) is 1.71. The molecule has 0 atom stereocenters. The molecule has 0 aliphatic carbocycles. The highest BCUT2D eigenvalue weighted by Gasteiger charge is 2.03. The molecule has 6 heteroatoms. The molecule has 0 saturated heterocycles. The first kappa shape index (κ1) is 14.6. The number of benzene rings is 1. The topological polar surface area (TPSA) is 54.0 Å². The van der Waals surface area contributed by atoms with Crippen molar-refractivity contribution >= 4 is 34.8 Å². The van der Waals surface area contributed by atoms with Gasteiger partial charge in [0, 0.05) is 34.7 Å². The van der Waals surface area contributed by atoms with Crippen LogP contribution in [0.1, 0.15) is 5.56 Å². The summed E-state index contributed by atoms with van der Waals surface area (Å²) in [4.78, 5) is 15.6. The number of hydrogen-bond acceptors (Lipinski definition) is 3. The number of amides is 1. The first-order valence-electron chi connectivity index (χ1n) is 5.99. The smallest absolute Gasteiger partial charge is 0.239 e. The fourth-order valence-electron chi connectivity index (χ4n) is 1.60. The van der Waals surface area contributed by atoms with Gasteiger partial charge in [-0.05, 0) is 35.9 Å². The maximum absolute atomic E-state index is 11.7. The van der Waals surface area contributed by atoms with E-state index in [1.54, 1.807) is 30.6 Å². The van der Waals surface area contributed by atoms with Crippen LogP contribution < -0.4 is 10.6 Å². The second-order valence-corrected chi connectivity index (χ2v) is 5.02. The minimum Gasteiger partial charge on any atom is -0.376 e. The van der Waals surface area contributed by atoms with Gasteiger partial charge in [0.05, 0.1) is 6.54 Å². The summed E-state index contributed by atoms with van der Waals surface area (Å²) in [7, 11) is 0. The number of nitrogens with zero attached hydrogens (tertiary/aromatic N) is 1. The standard InChI is InChI=1S/C14H13Cl2N3O/c15-11-5-12(16)7-13(6-11)18-9-14(20)19-8-10-1-3-17-4-2-10/h1-7,18H,8-9H2,(H,19,20). The van der Waals surface area contributed by atoms with Gasteiger partial charge in [-0.25, -0.2) is 0 Å². The number of carbonyl (C=O) groups is 1. The van der Waals surface area contributed by atoms with Gasteiger partial charge in [0.25, 0.3) is 0 Å². The van der Waals surface area contributed by atoms with Crippen LogP contribution in [0.3, 0.4) is 0 Å². The van der Waals surface area contributed by atoms with E-state index >= 15 is 0 Å². The predicted molar refractivity (Wildman–Crippen MR) is 81.0 cm³/mol. The van der Waals surface area contributed by atoms with Crippen LogP contribution in [0.4, 0.5) is 5.69 Å². The first-order chi connectivity index (χ1) is 9.63. The molecule has 1 heterocycles. The number of anilines is 1. The minimum atomic E-state index is -0.113. The monoisotopic (exact) mass is 309 g/mol. The van der Waals surface area contributed by atoms with E-state index in [4.69, 9.17) is 23.2 Å². The van der Waals surface area contributed by atoms with Gasteiger partial charge in [-0.2, -0.15) is 0 Å². The Bertz CT molecular complexity index is 570. The number of carbonyl (C=O) groups excluding carboxylic acids is 1. The van der Waals surface area contributed by atoms with Crippen molar-refractivity contribution in [2.45, 2.75) is 6.54 Å². The Labute approximate surface area is 127 Å². The molecule has 0 aliphatic heterocycles. The zero-order chi connectivity index (χ0) is 14.4. The van der Waals surface area contributed by atoms with Gasteiger partial charge in [0.1, 0.15) is 0 Å². The Hall–Kier alpha value is -1.78. The molecule has 2 rings (SSSR count). The molecule has 0 saturated carbocycles. The zero-order valence-corrected chi connectivity index (χ0v) is 12.1. The van der Waals surface area contributed by atoms with Crippen molar-refractivity contribution < 1.29 is 4.79 Å². The summed E-state index contributed by atoms with van der Waals surface area (Å²) in [6.45, 7) is 0.626. The molecule has 4 nitrogen and oxygen atoms in total. The average molecular weight is 310 g/mol. The summed E-state index contributed by atoms with van der Waals surface area (Å²) in [5.74, 6) is -0.113. The van der Waals surface area contributed by atoms with E-state index in [1.807, 2.05) is 12.1 Å². The molecule has 0 spiro atoms. The number of hydrogen-bond donors (Lipinski definition) is 2. The quantitative estimate of drug-likeness (QED) is 0.892. The van der Waals surface area contributed by atoms with Crippen molar-refractivity contribution in [1.82, 2.24) is 10.3 Å². The molecule has 0 radical (unpaired) electrons. The molecule has 0 fully saturated rings. The van der Waals surface area contributed by atoms with Gasteiger partial charge in [-0.15, -0.1) is 0 Å². The summed E-state index contributed by atoms with van der Waals surface area (Å²) < 4.78 is 0. The maximum Gasteiger partial charge on any atom is 0.239 e. The molecule has 0 aliphatic rings. The van der Waals surface area contributed by atoms with E-state index < -0.39 is 0 Å². The van der Waals surface area contributed by atoms with Crippen LogP contribution in [-0.2, 0) is 11.3 Å². The van der Waals surface area contributed by atoms with Gasteiger partial charge >= 0.3 is 0 Å². The maximum atomic E-state index is 11.7. The van der Waals surface area contributed by atoms with Crippen molar-refractivity contribution in [3.8, 4) is 0 Å². The SMILES string of the molecule is O=C(CNc1cc(Cl)cc(Cl)c1)NCc1ccncc1. The van der Waals surface area contributed by atoms with Crippen LogP contribution in [0.2, 0.25) is 10.0 Å². The number of aromatic nitrogens is 1. The van der Waals surface area contributed by atoms with Crippen LogP contribution in [0.5, 0.6) is 0 Å². The summed E-state index contributed by atoms with van der Waals surface area (Å²) in [5, 5.41) is 6.82. The lowest BCUT2D eigenvalue weighted by molar-refractivity contribution is -0.119. The highest BCUT2D eigenvalue weighted by molar-refractivity contribution is 6.35. The molecular weight excluding hydrogens is 297 g/mol. The predicted octanol–water partition coefficient (Wildman–Crippen LogP) is 3.12. The van der Waals surface area contributed by atoms with Crippen molar-refractivity contribution in [2.75, 3.05) is 11.9 Å². The number of halogens is 2. The Morgan fingerprint density at radius 1 is 1.10 bits per heavy atom. The van der Waals surface area contributed by atoms with Gasteiger partial charge in [-0.3, -0.25) is 9.78 Å². The highest BCUT2D eigenvalue weighted by Crippen LogP contribution is 2.22. The van der Waals surface area contributed by atoms with Crippen molar-refractivity contribution in [2.24, 2.45) is 0 Å². The van der Waals surface area contributed by atoms with Gasteiger partial charge in [0.2, 0.25) is 5.91 Å². The third-order valence-electron chi connectivity index (χ3n) is 2.55. The van der Waals surface area contributed by atoms with E-state index in [9.17, 15) is 4.79 Å². The van der Waals surface area contributed by atoms with Crippen LogP contribution in [0.15, 0.2) is 42.7 Å².